The highest BCUT2D eigenvalue weighted by molar-refractivity contribution is 6.12. The van der Waals surface area contributed by atoms with Gasteiger partial charge in [-0.25, -0.2) is 10.9 Å². The molecule has 0 aliphatic rings. The van der Waals surface area contributed by atoms with E-state index in [0.29, 0.717) is 29.4 Å². The van der Waals surface area contributed by atoms with E-state index in [2.05, 4.69) is 4.98 Å². The van der Waals surface area contributed by atoms with Crippen LogP contribution >= 0.6 is 0 Å². The first kappa shape index (κ1) is 15.7. The third-order valence-electron chi connectivity index (χ3n) is 3.43. The van der Waals surface area contributed by atoms with Crippen molar-refractivity contribution in [1.82, 2.24) is 4.98 Å². The van der Waals surface area contributed by atoms with E-state index >= 15 is 0 Å². The number of amides is 2. The lowest BCUT2D eigenvalue weighted by Crippen LogP contribution is -2.31. The fourth-order valence-electron chi connectivity index (χ4n) is 2.47. The van der Waals surface area contributed by atoms with Crippen LogP contribution in [0.5, 0.6) is 0 Å². The molecule has 7 nitrogen and oxygen atoms in total. The van der Waals surface area contributed by atoms with E-state index in [4.69, 9.17) is 17.0 Å². The molecule has 1 aromatic carbocycles. The van der Waals surface area contributed by atoms with Crippen LogP contribution in [0.1, 0.15) is 35.7 Å². The van der Waals surface area contributed by atoms with Gasteiger partial charge in [0.1, 0.15) is 5.82 Å². The molecule has 0 radical (unpaired) electrons. The predicted molar refractivity (Wildman–Crippen MR) is 85.9 cm³/mol. The minimum atomic E-state index is -0.662. The summed E-state index contributed by atoms with van der Waals surface area (Å²) >= 11 is 0. The molecule has 2 aromatic rings. The molecule has 0 fully saturated rings. The number of nitrogens with two attached hydrogens (primary N) is 2. The lowest BCUT2D eigenvalue weighted by molar-refractivity contribution is -0.107. The molecule has 116 valence electrons. The van der Waals surface area contributed by atoms with Gasteiger partial charge in [-0.3, -0.25) is 9.59 Å². The fourth-order valence-corrected chi connectivity index (χ4v) is 2.47. The van der Waals surface area contributed by atoms with Gasteiger partial charge in [0.15, 0.2) is 0 Å². The Hall–Kier alpha value is -2.67. The molecule has 0 atom stereocenters. The first-order valence-electron chi connectivity index (χ1n) is 6.97. The summed E-state index contributed by atoms with van der Waals surface area (Å²) in [6, 6.07) is 5.44. The average Bonchev–Trinajstić information content (AvgIpc) is 2.85. The number of rotatable bonds is 7. The second-order valence-corrected chi connectivity index (χ2v) is 5.14. The van der Waals surface area contributed by atoms with Crippen LogP contribution in [0.2, 0.25) is 0 Å². The Labute approximate surface area is 127 Å². The second kappa shape index (κ2) is 6.40. The number of nitrogens with one attached hydrogen (secondary N) is 2. The fraction of sp³-hybridized carbons (Fsp3) is 0.267. The number of anilines is 1. The van der Waals surface area contributed by atoms with Gasteiger partial charge in [0.25, 0.3) is 5.91 Å². The molecule has 6 N–H and O–H groups in total. The molecule has 1 aromatic heterocycles. The smallest absolute Gasteiger partial charge is 0.253 e. The molecule has 2 rings (SSSR count). The monoisotopic (exact) mass is 301 g/mol. The summed E-state index contributed by atoms with van der Waals surface area (Å²) in [4.78, 5) is 25.4. The van der Waals surface area contributed by atoms with Gasteiger partial charge in [-0.2, -0.15) is 0 Å². The topological polar surface area (TPSA) is 129 Å². The lowest BCUT2D eigenvalue weighted by atomic mass is 10.0. The number of primary amides is 1. The number of carbonyl (C=O) groups is 2. The van der Waals surface area contributed by atoms with Crippen LogP contribution in [-0.4, -0.2) is 23.0 Å². The summed E-state index contributed by atoms with van der Waals surface area (Å²) in [5, 5.41) is 9.28. The van der Waals surface area contributed by atoms with Gasteiger partial charge < -0.3 is 16.1 Å². The summed E-state index contributed by atoms with van der Waals surface area (Å²) in [5.41, 5.74) is 7.82. The van der Waals surface area contributed by atoms with E-state index < -0.39 is 5.91 Å². The van der Waals surface area contributed by atoms with Crippen molar-refractivity contribution in [2.24, 2.45) is 11.6 Å². The van der Waals surface area contributed by atoms with Crippen LogP contribution in [-0.2, 0) is 11.2 Å². The number of hydrazine groups is 1. The molecule has 7 heteroatoms. The average molecular weight is 301 g/mol. The van der Waals surface area contributed by atoms with E-state index in [0.717, 1.165) is 23.4 Å². The number of benzene rings is 1. The van der Waals surface area contributed by atoms with Crippen molar-refractivity contribution in [2.45, 2.75) is 26.2 Å². The molecular weight excluding hydrogens is 282 g/mol. The second-order valence-electron chi connectivity index (χ2n) is 5.14. The quantitative estimate of drug-likeness (QED) is 0.203. The van der Waals surface area contributed by atoms with E-state index in [-0.39, 0.29) is 11.4 Å². The largest absolute Gasteiger partial charge is 0.365 e. The van der Waals surface area contributed by atoms with Gasteiger partial charge >= 0.3 is 0 Å². The molecule has 1 heterocycles. The highest BCUT2D eigenvalue weighted by atomic mass is 16.1. The predicted octanol–water partition coefficient (Wildman–Crippen LogP) is 1.47. The van der Waals surface area contributed by atoms with Gasteiger partial charge in [0.2, 0.25) is 6.41 Å². The summed E-state index contributed by atoms with van der Waals surface area (Å²) in [6.07, 6.45) is 2.63. The van der Waals surface area contributed by atoms with Gasteiger partial charge in [-0.05, 0) is 18.1 Å². The molecule has 0 spiro atoms. The van der Waals surface area contributed by atoms with Gasteiger partial charge in [0, 0.05) is 23.0 Å². The van der Waals surface area contributed by atoms with Crippen molar-refractivity contribution in [3.63, 3.8) is 0 Å². The summed E-state index contributed by atoms with van der Waals surface area (Å²) < 4.78 is 0. The molecule has 0 bridgehead atoms. The van der Waals surface area contributed by atoms with E-state index in [9.17, 15) is 9.59 Å². The van der Waals surface area contributed by atoms with Crippen LogP contribution in [0.15, 0.2) is 18.2 Å². The normalized spacial score (nSPS) is 10.6. The molecule has 0 aliphatic carbocycles. The zero-order valence-corrected chi connectivity index (χ0v) is 12.3. The Morgan fingerprint density at radius 3 is 2.77 bits per heavy atom. The Kier molecular flexibility index (Phi) is 4.57. The summed E-state index contributed by atoms with van der Waals surface area (Å²) in [6.45, 7) is 2.03. The number of aromatic nitrogens is 1. The molecule has 22 heavy (non-hydrogen) atoms. The summed E-state index contributed by atoms with van der Waals surface area (Å²) in [5.74, 6) is 5.05. The number of aromatic amines is 1. The van der Waals surface area contributed by atoms with Crippen molar-refractivity contribution in [1.29, 1.82) is 5.41 Å². The number of carbonyl (C=O) groups excluding carboxylic acids is 2. The van der Waals surface area contributed by atoms with Crippen molar-refractivity contribution in [2.75, 3.05) is 5.01 Å². The highest BCUT2D eigenvalue weighted by Crippen LogP contribution is 2.28. The van der Waals surface area contributed by atoms with Gasteiger partial charge in [0.05, 0.1) is 5.56 Å². The molecule has 0 saturated carbocycles. The zero-order valence-electron chi connectivity index (χ0n) is 12.3. The maximum atomic E-state index is 11.6. The first-order chi connectivity index (χ1) is 10.5. The Balaban J connectivity index is 2.47. The van der Waals surface area contributed by atoms with Crippen LogP contribution in [0.3, 0.4) is 0 Å². The number of H-pyrrole nitrogens is 1. The van der Waals surface area contributed by atoms with Gasteiger partial charge in [-0.1, -0.05) is 25.5 Å². The highest BCUT2D eigenvalue weighted by Gasteiger charge is 2.19. The molecule has 0 unspecified atom stereocenters. The third-order valence-corrected chi connectivity index (χ3v) is 3.43. The van der Waals surface area contributed by atoms with Crippen molar-refractivity contribution in [3.8, 4) is 0 Å². The zero-order chi connectivity index (χ0) is 16.3. The van der Waals surface area contributed by atoms with Crippen LogP contribution in [0.4, 0.5) is 5.82 Å². The van der Waals surface area contributed by atoms with Crippen molar-refractivity contribution >= 4 is 34.7 Å². The van der Waals surface area contributed by atoms with Crippen LogP contribution in [0, 0.1) is 5.41 Å². The third kappa shape index (κ3) is 2.99. The maximum absolute atomic E-state index is 11.6. The first-order valence-corrected chi connectivity index (χ1v) is 6.97. The maximum Gasteiger partial charge on any atom is 0.253 e. The Morgan fingerprint density at radius 1 is 1.45 bits per heavy atom. The minimum Gasteiger partial charge on any atom is -0.365 e. The van der Waals surface area contributed by atoms with Crippen LogP contribution < -0.4 is 16.6 Å². The number of hydrogen-bond acceptors (Lipinski definition) is 4. The molecular formula is C15H19N5O2. The van der Waals surface area contributed by atoms with Crippen molar-refractivity contribution < 1.29 is 9.59 Å². The SMILES string of the molecule is CCCC(=N)Cc1ccc2c(C(N)=O)c(N(N)C=O)[nH]c2c1. The molecule has 0 aliphatic heterocycles. The number of nitrogens with zero attached hydrogens (tertiary/aromatic N) is 1. The van der Waals surface area contributed by atoms with E-state index in [1.54, 1.807) is 6.07 Å². The lowest BCUT2D eigenvalue weighted by Gasteiger charge is -2.08. The number of fused-ring (bicyclic) bond motifs is 1. The van der Waals surface area contributed by atoms with Gasteiger partial charge in [-0.15, -0.1) is 0 Å². The molecule has 2 amide bonds. The Morgan fingerprint density at radius 2 is 2.18 bits per heavy atom. The molecule has 0 saturated heterocycles. The van der Waals surface area contributed by atoms with Crippen LogP contribution in [0.25, 0.3) is 10.9 Å². The summed E-state index contributed by atoms with van der Waals surface area (Å²) in [7, 11) is 0. The van der Waals surface area contributed by atoms with E-state index in [1.165, 1.54) is 0 Å². The minimum absolute atomic E-state index is 0.165. The van der Waals surface area contributed by atoms with Crippen molar-refractivity contribution in [3.05, 3.63) is 29.3 Å². The van der Waals surface area contributed by atoms with E-state index in [1.807, 2.05) is 19.1 Å². The number of hydrogen-bond donors (Lipinski definition) is 4. The Bertz CT molecular complexity index is 735. The standard InChI is InChI=1S/C15H19N5O2/c1-2-3-10(16)6-9-4-5-11-12(7-9)19-15(20(18)8-21)13(11)14(17)22/h4-5,7-8,16,19H,2-3,6,18H2,1H3,(H2,17,22).